The lowest BCUT2D eigenvalue weighted by molar-refractivity contribution is 0.213. The van der Waals surface area contributed by atoms with Crippen LogP contribution in [0.25, 0.3) is 0 Å². The Hall–Kier alpha value is -1.38. The van der Waals surface area contributed by atoms with E-state index in [1.54, 1.807) is 0 Å². The maximum Gasteiger partial charge on any atom is 0.127 e. The summed E-state index contributed by atoms with van der Waals surface area (Å²) in [6.45, 7) is 3.65. The number of fused-ring (bicyclic) bond motifs is 3. The van der Waals surface area contributed by atoms with Crippen molar-refractivity contribution in [2.45, 2.75) is 13.0 Å². The SMILES string of the molecule is Cc1cccc2c1OCC1CN=NC21. The van der Waals surface area contributed by atoms with Crippen molar-refractivity contribution in [1.29, 1.82) is 0 Å². The second-order valence-corrected chi connectivity index (χ2v) is 3.95. The predicted octanol–water partition coefficient (Wildman–Crippen LogP) is 2.51. The molecule has 0 N–H and O–H groups in total. The summed E-state index contributed by atoms with van der Waals surface area (Å²) in [5, 5.41) is 8.39. The van der Waals surface area contributed by atoms with Gasteiger partial charge in [0.15, 0.2) is 0 Å². The average Bonchev–Trinajstić information content (AvgIpc) is 2.66. The highest BCUT2D eigenvalue weighted by molar-refractivity contribution is 5.44. The number of hydrogen-bond donors (Lipinski definition) is 0. The first-order chi connectivity index (χ1) is 6.86. The Morgan fingerprint density at radius 3 is 3.29 bits per heavy atom. The normalized spacial score (nSPS) is 28.1. The number of azo groups is 1. The summed E-state index contributed by atoms with van der Waals surface area (Å²) in [4.78, 5) is 0. The van der Waals surface area contributed by atoms with Gasteiger partial charge in [0.2, 0.25) is 0 Å². The summed E-state index contributed by atoms with van der Waals surface area (Å²) in [6.07, 6.45) is 0. The summed E-state index contributed by atoms with van der Waals surface area (Å²) < 4.78 is 5.75. The van der Waals surface area contributed by atoms with Crippen LogP contribution in [-0.4, -0.2) is 13.2 Å². The zero-order valence-corrected chi connectivity index (χ0v) is 8.10. The van der Waals surface area contributed by atoms with Gasteiger partial charge < -0.3 is 4.74 Å². The highest BCUT2D eigenvalue weighted by Gasteiger charge is 2.34. The molecule has 0 saturated carbocycles. The molecule has 0 fully saturated rings. The Morgan fingerprint density at radius 2 is 2.36 bits per heavy atom. The van der Waals surface area contributed by atoms with E-state index in [0.717, 1.165) is 18.9 Å². The molecule has 2 heterocycles. The number of benzene rings is 1. The smallest absolute Gasteiger partial charge is 0.127 e. The molecule has 3 nitrogen and oxygen atoms in total. The molecule has 2 aliphatic heterocycles. The highest BCUT2D eigenvalue weighted by Crippen LogP contribution is 2.42. The fraction of sp³-hybridized carbons (Fsp3) is 0.455. The van der Waals surface area contributed by atoms with Gasteiger partial charge in [-0.25, -0.2) is 0 Å². The Bertz CT molecular complexity index is 400. The van der Waals surface area contributed by atoms with Crippen LogP contribution in [0.1, 0.15) is 17.2 Å². The van der Waals surface area contributed by atoms with Gasteiger partial charge in [-0.1, -0.05) is 18.2 Å². The third-order valence-corrected chi connectivity index (χ3v) is 2.97. The topological polar surface area (TPSA) is 34.0 Å². The molecule has 2 unspecified atom stereocenters. The average molecular weight is 188 g/mol. The zero-order chi connectivity index (χ0) is 9.54. The molecule has 2 atom stereocenters. The van der Waals surface area contributed by atoms with E-state index in [9.17, 15) is 0 Å². The molecule has 72 valence electrons. The van der Waals surface area contributed by atoms with Crippen LogP contribution in [0.15, 0.2) is 28.4 Å². The monoisotopic (exact) mass is 188 g/mol. The van der Waals surface area contributed by atoms with Crippen LogP contribution >= 0.6 is 0 Å². The fourth-order valence-electron chi connectivity index (χ4n) is 2.19. The Kier molecular flexibility index (Phi) is 1.60. The number of ether oxygens (including phenoxy) is 1. The molecule has 3 rings (SSSR count). The Balaban J connectivity index is 2.14. The first kappa shape index (κ1) is 7.97. The van der Waals surface area contributed by atoms with Crippen molar-refractivity contribution in [3.05, 3.63) is 29.3 Å². The van der Waals surface area contributed by atoms with Crippen molar-refractivity contribution < 1.29 is 4.74 Å². The molecule has 0 amide bonds. The van der Waals surface area contributed by atoms with Gasteiger partial charge in [0.1, 0.15) is 11.8 Å². The lowest BCUT2D eigenvalue weighted by Crippen LogP contribution is -2.24. The molecule has 3 heteroatoms. The standard InChI is InChI=1S/C11H12N2O/c1-7-3-2-4-9-10-8(5-12-13-10)6-14-11(7)9/h2-4,8,10H,5-6H2,1H3. The summed E-state index contributed by atoms with van der Waals surface area (Å²) in [7, 11) is 0. The molecule has 0 aromatic heterocycles. The molecule has 0 spiro atoms. The van der Waals surface area contributed by atoms with Gasteiger partial charge in [-0.15, -0.1) is 0 Å². The zero-order valence-electron chi connectivity index (χ0n) is 8.10. The largest absolute Gasteiger partial charge is 0.492 e. The molecule has 14 heavy (non-hydrogen) atoms. The van der Waals surface area contributed by atoms with E-state index in [2.05, 4.69) is 35.4 Å². The van der Waals surface area contributed by atoms with E-state index >= 15 is 0 Å². The minimum Gasteiger partial charge on any atom is -0.492 e. The lowest BCUT2D eigenvalue weighted by Gasteiger charge is -2.26. The molecular formula is C11H12N2O. The fourth-order valence-corrected chi connectivity index (χ4v) is 2.19. The van der Waals surface area contributed by atoms with Crippen molar-refractivity contribution in [3.63, 3.8) is 0 Å². The number of hydrogen-bond acceptors (Lipinski definition) is 3. The van der Waals surface area contributed by atoms with Crippen LogP contribution in [0, 0.1) is 12.8 Å². The van der Waals surface area contributed by atoms with Crippen molar-refractivity contribution in [2.75, 3.05) is 13.2 Å². The summed E-state index contributed by atoms with van der Waals surface area (Å²) in [5.74, 6) is 1.49. The third-order valence-electron chi connectivity index (χ3n) is 2.97. The second kappa shape index (κ2) is 2.80. The van der Waals surface area contributed by atoms with E-state index in [1.165, 1.54) is 11.1 Å². The molecular weight excluding hydrogens is 176 g/mol. The molecule has 1 aromatic carbocycles. The third kappa shape index (κ3) is 0.983. The van der Waals surface area contributed by atoms with E-state index < -0.39 is 0 Å². The molecule has 0 bridgehead atoms. The second-order valence-electron chi connectivity index (χ2n) is 3.95. The van der Waals surface area contributed by atoms with Crippen LogP contribution in [0.3, 0.4) is 0 Å². The summed E-state index contributed by atoms with van der Waals surface area (Å²) in [5.41, 5.74) is 2.41. The van der Waals surface area contributed by atoms with Gasteiger partial charge in [0, 0.05) is 11.5 Å². The van der Waals surface area contributed by atoms with Gasteiger partial charge >= 0.3 is 0 Å². The highest BCUT2D eigenvalue weighted by atomic mass is 16.5. The van der Waals surface area contributed by atoms with Gasteiger partial charge in [-0.05, 0) is 12.5 Å². The molecule has 0 aliphatic carbocycles. The van der Waals surface area contributed by atoms with E-state index in [0.29, 0.717) is 5.92 Å². The molecule has 1 aromatic rings. The number of nitrogens with zero attached hydrogens (tertiary/aromatic N) is 2. The quantitative estimate of drug-likeness (QED) is 0.616. The summed E-state index contributed by atoms with van der Waals surface area (Å²) >= 11 is 0. The Labute approximate surface area is 82.8 Å². The number of aryl methyl sites for hydroxylation is 1. The number of para-hydroxylation sites is 1. The van der Waals surface area contributed by atoms with E-state index in [1.807, 2.05) is 0 Å². The van der Waals surface area contributed by atoms with Gasteiger partial charge in [-0.3, -0.25) is 0 Å². The van der Waals surface area contributed by atoms with Crippen LogP contribution < -0.4 is 4.74 Å². The van der Waals surface area contributed by atoms with Crippen LogP contribution in [0.4, 0.5) is 0 Å². The molecule has 0 saturated heterocycles. The van der Waals surface area contributed by atoms with Crippen LogP contribution in [0.2, 0.25) is 0 Å². The lowest BCUT2D eigenvalue weighted by atomic mass is 9.91. The van der Waals surface area contributed by atoms with E-state index in [-0.39, 0.29) is 6.04 Å². The maximum atomic E-state index is 5.75. The van der Waals surface area contributed by atoms with Gasteiger partial charge in [-0.2, -0.15) is 10.2 Å². The molecule has 2 aliphatic rings. The van der Waals surface area contributed by atoms with E-state index in [4.69, 9.17) is 4.74 Å². The van der Waals surface area contributed by atoms with Crippen molar-refractivity contribution >= 4 is 0 Å². The first-order valence-electron chi connectivity index (χ1n) is 4.95. The van der Waals surface area contributed by atoms with Gasteiger partial charge in [0.25, 0.3) is 0 Å². The maximum absolute atomic E-state index is 5.75. The summed E-state index contributed by atoms with van der Waals surface area (Å²) in [6, 6.07) is 6.49. The minimum absolute atomic E-state index is 0.249. The van der Waals surface area contributed by atoms with Crippen molar-refractivity contribution in [3.8, 4) is 5.75 Å². The minimum atomic E-state index is 0.249. The van der Waals surface area contributed by atoms with Crippen molar-refractivity contribution in [2.24, 2.45) is 16.1 Å². The van der Waals surface area contributed by atoms with Crippen LogP contribution in [-0.2, 0) is 0 Å². The van der Waals surface area contributed by atoms with Crippen LogP contribution in [0.5, 0.6) is 5.75 Å². The number of rotatable bonds is 0. The Morgan fingerprint density at radius 1 is 1.43 bits per heavy atom. The van der Waals surface area contributed by atoms with Crippen molar-refractivity contribution in [1.82, 2.24) is 0 Å². The first-order valence-corrected chi connectivity index (χ1v) is 4.95. The van der Waals surface area contributed by atoms with Gasteiger partial charge in [0.05, 0.1) is 13.2 Å². The molecule has 0 radical (unpaired) electrons. The predicted molar refractivity (Wildman–Crippen MR) is 52.6 cm³/mol.